The van der Waals surface area contributed by atoms with Gasteiger partial charge in [0.2, 0.25) is 0 Å². The van der Waals surface area contributed by atoms with Gasteiger partial charge >= 0.3 is 0 Å². The van der Waals surface area contributed by atoms with Gasteiger partial charge in [-0.3, -0.25) is 0 Å². The second-order valence-electron chi connectivity index (χ2n) is 4.24. The zero-order chi connectivity index (χ0) is 10.3. The van der Waals surface area contributed by atoms with E-state index >= 15 is 0 Å². The molecule has 0 amide bonds. The molecular weight excluding hydrogens is 178 g/mol. The first-order valence-electron chi connectivity index (χ1n) is 5.54. The molecule has 0 spiro atoms. The van der Waals surface area contributed by atoms with Crippen LogP contribution in [0.1, 0.15) is 25.7 Å². The first-order valence-corrected chi connectivity index (χ1v) is 5.54. The van der Waals surface area contributed by atoms with E-state index in [-0.39, 0.29) is 0 Å². The molecule has 1 aliphatic carbocycles. The first kappa shape index (κ1) is 12.0. The highest BCUT2D eigenvalue weighted by Crippen LogP contribution is 2.47. The van der Waals surface area contributed by atoms with Crippen molar-refractivity contribution in [3.63, 3.8) is 0 Å². The predicted octanol–water partition coefficient (Wildman–Crippen LogP) is 1.43. The van der Waals surface area contributed by atoms with Crippen LogP contribution in [-0.4, -0.2) is 40.5 Å². The van der Waals surface area contributed by atoms with Crippen LogP contribution in [0.4, 0.5) is 0 Å². The summed E-state index contributed by atoms with van der Waals surface area (Å²) in [6.45, 7) is 3.70. The van der Waals surface area contributed by atoms with Gasteiger partial charge in [-0.1, -0.05) is 0 Å². The van der Waals surface area contributed by atoms with Gasteiger partial charge in [0.15, 0.2) is 0 Å². The topological polar surface area (TPSA) is 30.5 Å². The lowest BCUT2D eigenvalue weighted by Crippen LogP contribution is -2.21. The average molecular weight is 201 g/mol. The second-order valence-corrected chi connectivity index (χ2v) is 4.24. The quantitative estimate of drug-likeness (QED) is 0.572. The van der Waals surface area contributed by atoms with E-state index < -0.39 is 0 Å². The molecule has 0 aliphatic heterocycles. The third-order valence-corrected chi connectivity index (χ3v) is 2.92. The third-order valence-electron chi connectivity index (χ3n) is 2.92. The van der Waals surface area contributed by atoms with Crippen LogP contribution in [-0.2, 0) is 9.47 Å². The van der Waals surface area contributed by atoms with Crippen molar-refractivity contribution in [2.45, 2.75) is 25.7 Å². The Hall–Kier alpha value is -0.120. The van der Waals surface area contributed by atoms with Crippen LogP contribution in [0.25, 0.3) is 0 Å². The molecule has 1 fully saturated rings. The highest BCUT2D eigenvalue weighted by molar-refractivity contribution is 4.94. The predicted molar refractivity (Wildman–Crippen MR) is 57.5 cm³/mol. The molecule has 3 heteroatoms. The fourth-order valence-electron chi connectivity index (χ4n) is 1.76. The molecule has 1 N–H and O–H groups in total. The molecule has 0 bridgehead atoms. The van der Waals surface area contributed by atoms with Gasteiger partial charge in [0.25, 0.3) is 0 Å². The summed E-state index contributed by atoms with van der Waals surface area (Å²) in [5.41, 5.74) is 0.579. The van der Waals surface area contributed by atoms with Gasteiger partial charge in [-0.05, 0) is 38.1 Å². The van der Waals surface area contributed by atoms with Crippen LogP contribution in [0, 0.1) is 5.41 Å². The average Bonchev–Trinajstić information content (AvgIpc) is 2.93. The Kier molecular flexibility index (Phi) is 5.45. The maximum atomic E-state index is 5.55. The maximum Gasteiger partial charge on any atom is 0.0487 e. The fraction of sp³-hybridized carbons (Fsp3) is 1.00. The fourth-order valence-corrected chi connectivity index (χ4v) is 1.76. The molecule has 0 heterocycles. The lowest BCUT2D eigenvalue weighted by molar-refractivity contribution is 0.0915. The van der Waals surface area contributed by atoms with Crippen molar-refractivity contribution in [3.05, 3.63) is 0 Å². The van der Waals surface area contributed by atoms with Gasteiger partial charge in [0.05, 0.1) is 0 Å². The lowest BCUT2D eigenvalue weighted by atomic mass is 10.0. The van der Waals surface area contributed by atoms with Gasteiger partial charge < -0.3 is 14.8 Å². The van der Waals surface area contributed by atoms with Crippen LogP contribution >= 0.6 is 0 Å². The molecule has 0 aromatic carbocycles. The smallest absolute Gasteiger partial charge is 0.0487 e. The summed E-state index contributed by atoms with van der Waals surface area (Å²) < 4.78 is 10.5. The van der Waals surface area contributed by atoms with Gasteiger partial charge in [-0.15, -0.1) is 0 Å². The molecule has 0 radical (unpaired) electrons. The zero-order valence-electron chi connectivity index (χ0n) is 9.47. The van der Waals surface area contributed by atoms with E-state index in [9.17, 15) is 0 Å². The van der Waals surface area contributed by atoms with Crippen LogP contribution in [0.3, 0.4) is 0 Å². The Morgan fingerprint density at radius 1 is 1.21 bits per heavy atom. The van der Waals surface area contributed by atoms with Gasteiger partial charge in [0.1, 0.15) is 0 Å². The Balaban J connectivity index is 1.88. The van der Waals surface area contributed by atoms with Crippen LogP contribution < -0.4 is 5.32 Å². The largest absolute Gasteiger partial charge is 0.385 e. The molecule has 0 aromatic heterocycles. The highest BCUT2D eigenvalue weighted by atomic mass is 16.5. The monoisotopic (exact) mass is 201 g/mol. The number of nitrogens with one attached hydrogen (secondary N) is 1. The minimum atomic E-state index is 0.579. The molecule has 1 aliphatic rings. The number of hydrogen-bond donors (Lipinski definition) is 1. The van der Waals surface area contributed by atoms with Crippen molar-refractivity contribution in [3.8, 4) is 0 Å². The lowest BCUT2D eigenvalue weighted by Gasteiger charge is -2.14. The Morgan fingerprint density at radius 2 is 2.00 bits per heavy atom. The summed E-state index contributed by atoms with van der Waals surface area (Å²) in [5.74, 6) is 0. The van der Waals surface area contributed by atoms with Crippen molar-refractivity contribution in [1.82, 2.24) is 5.32 Å². The molecule has 1 saturated carbocycles. The van der Waals surface area contributed by atoms with Crippen LogP contribution in [0.2, 0.25) is 0 Å². The normalized spacial score (nSPS) is 18.4. The van der Waals surface area contributed by atoms with E-state index in [0.29, 0.717) is 5.41 Å². The Labute approximate surface area is 87.2 Å². The molecular formula is C11H23NO2. The number of ether oxygens (including phenoxy) is 2. The molecule has 14 heavy (non-hydrogen) atoms. The molecule has 0 aromatic rings. The van der Waals surface area contributed by atoms with Crippen molar-refractivity contribution in [2.24, 2.45) is 5.41 Å². The van der Waals surface area contributed by atoms with Crippen molar-refractivity contribution >= 4 is 0 Å². The highest BCUT2D eigenvalue weighted by Gasteiger charge is 2.41. The minimum absolute atomic E-state index is 0.579. The first-order chi connectivity index (χ1) is 6.83. The summed E-state index contributed by atoms with van der Waals surface area (Å²) in [6, 6.07) is 0. The Bertz CT molecular complexity index is 146. The van der Waals surface area contributed by atoms with E-state index in [0.717, 1.165) is 32.8 Å². The van der Waals surface area contributed by atoms with Crippen molar-refractivity contribution < 1.29 is 9.47 Å². The van der Waals surface area contributed by atoms with Gasteiger partial charge in [-0.25, -0.2) is 0 Å². The third kappa shape index (κ3) is 4.40. The number of rotatable bonds is 9. The van der Waals surface area contributed by atoms with E-state index in [4.69, 9.17) is 9.47 Å². The standard InChI is InChI=1S/C11H23NO2/c1-12-10-11(4-5-11)6-9-14-8-3-7-13-2/h12H,3-10H2,1-2H3. The molecule has 84 valence electrons. The summed E-state index contributed by atoms with van der Waals surface area (Å²) in [7, 11) is 3.76. The van der Waals surface area contributed by atoms with E-state index in [1.165, 1.54) is 19.3 Å². The van der Waals surface area contributed by atoms with E-state index in [1.54, 1.807) is 7.11 Å². The van der Waals surface area contributed by atoms with Crippen molar-refractivity contribution in [2.75, 3.05) is 40.5 Å². The van der Waals surface area contributed by atoms with E-state index in [1.807, 2.05) is 7.05 Å². The summed E-state index contributed by atoms with van der Waals surface area (Å²) in [6.07, 6.45) is 4.96. The summed E-state index contributed by atoms with van der Waals surface area (Å²) in [4.78, 5) is 0. The van der Waals surface area contributed by atoms with E-state index in [2.05, 4.69) is 5.32 Å². The van der Waals surface area contributed by atoms with Gasteiger partial charge in [-0.2, -0.15) is 0 Å². The molecule has 0 atom stereocenters. The zero-order valence-corrected chi connectivity index (χ0v) is 9.47. The van der Waals surface area contributed by atoms with Crippen LogP contribution in [0.15, 0.2) is 0 Å². The van der Waals surface area contributed by atoms with Crippen molar-refractivity contribution in [1.29, 1.82) is 0 Å². The van der Waals surface area contributed by atoms with Gasteiger partial charge in [0, 0.05) is 33.5 Å². The SMILES string of the molecule is CNCC1(CCOCCCOC)CC1. The number of methoxy groups -OCH3 is 1. The summed E-state index contributed by atoms with van der Waals surface area (Å²) in [5, 5.41) is 3.26. The van der Waals surface area contributed by atoms with Crippen LogP contribution in [0.5, 0.6) is 0 Å². The molecule has 1 rings (SSSR count). The Morgan fingerprint density at radius 3 is 2.57 bits per heavy atom. The molecule has 3 nitrogen and oxygen atoms in total. The minimum Gasteiger partial charge on any atom is -0.385 e. The summed E-state index contributed by atoms with van der Waals surface area (Å²) >= 11 is 0. The molecule has 0 saturated heterocycles. The number of hydrogen-bond acceptors (Lipinski definition) is 3. The molecule has 0 unspecified atom stereocenters. The second kappa shape index (κ2) is 6.38. The maximum absolute atomic E-state index is 5.55.